The minimum atomic E-state index is -0.433. The Morgan fingerprint density at radius 1 is 0.956 bits per heavy atom. The minimum absolute atomic E-state index is 0.115. The molecule has 2 aliphatic rings. The first-order valence-electron chi connectivity index (χ1n) is 15.5. The van der Waals surface area contributed by atoms with Crippen molar-refractivity contribution in [2.24, 2.45) is 0 Å². The lowest BCUT2D eigenvalue weighted by Crippen LogP contribution is -2.42. The van der Waals surface area contributed by atoms with Crippen molar-refractivity contribution in [3.05, 3.63) is 78.2 Å². The highest BCUT2D eigenvalue weighted by Crippen LogP contribution is 2.34. The number of benzene rings is 3. The number of hydrogen-bond donors (Lipinski definition) is 2. The molecule has 0 unspecified atom stereocenters. The van der Waals surface area contributed by atoms with Gasteiger partial charge in [-0.15, -0.1) is 0 Å². The minimum Gasteiger partial charge on any atom is -0.450 e. The van der Waals surface area contributed by atoms with Gasteiger partial charge in [0.15, 0.2) is 0 Å². The van der Waals surface area contributed by atoms with E-state index in [-0.39, 0.29) is 23.6 Å². The maximum absolute atomic E-state index is 14.6. The maximum atomic E-state index is 14.6. The molecule has 4 aromatic rings. The summed E-state index contributed by atoms with van der Waals surface area (Å²) in [4.78, 5) is 38.1. The Morgan fingerprint density at radius 3 is 2.51 bits per heavy atom. The Labute approximate surface area is 261 Å². The van der Waals surface area contributed by atoms with E-state index in [2.05, 4.69) is 25.5 Å². The van der Waals surface area contributed by atoms with Crippen LogP contribution in [0.3, 0.4) is 0 Å². The Hall–Kier alpha value is -4.93. The average molecular weight is 613 g/mol. The Kier molecular flexibility index (Phi) is 9.23. The van der Waals surface area contributed by atoms with Crippen LogP contribution in [0.1, 0.15) is 49.4 Å². The number of carbonyl (C=O) groups excluding carboxylic acids is 2. The summed E-state index contributed by atoms with van der Waals surface area (Å²) in [6.45, 7) is 5.07. The molecule has 10 nitrogen and oxygen atoms in total. The summed E-state index contributed by atoms with van der Waals surface area (Å²) in [6.07, 6.45) is 6.14. The molecule has 2 fully saturated rings. The van der Waals surface area contributed by atoms with Crippen LogP contribution >= 0.6 is 0 Å². The van der Waals surface area contributed by atoms with Crippen LogP contribution in [0, 0.1) is 5.82 Å². The molecule has 0 spiro atoms. The predicted octanol–water partition coefficient (Wildman–Crippen LogP) is 6.84. The summed E-state index contributed by atoms with van der Waals surface area (Å²) in [5.41, 5.74) is 1.59. The van der Waals surface area contributed by atoms with Gasteiger partial charge >= 0.3 is 6.09 Å². The van der Waals surface area contributed by atoms with Gasteiger partial charge in [0.1, 0.15) is 11.6 Å². The number of fused-ring (bicyclic) bond motifs is 1. The van der Waals surface area contributed by atoms with Gasteiger partial charge in [-0.1, -0.05) is 24.3 Å². The lowest BCUT2D eigenvalue weighted by molar-refractivity contribution is 0.0981. The van der Waals surface area contributed by atoms with E-state index in [4.69, 9.17) is 9.47 Å². The summed E-state index contributed by atoms with van der Waals surface area (Å²) in [5, 5.41) is 7.88. The number of nitrogens with one attached hydrogen (secondary N) is 2. The zero-order valence-corrected chi connectivity index (χ0v) is 25.3. The molecule has 2 aliphatic heterocycles. The Morgan fingerprint density at radius 2 is 1.73 bits per heavy atom. The van der Waals surface area contributed by atoms with Crippen LogP contribution in [0.5, 0.6) is 11.6 Å². The molecule has 2 saturated heterocycles. The molecule has 11 heteroatoms. The number of aromatic nitrogens is 2. The average Bonchev–Trinajstić information content (AvgIpc) is 3.06. The van der Waals surface area contributed by atoms with E-state index in [1.54, 1.807) is 42.3 Å². The summed E-state index contributed by atoms with van der Waals surface area (Å²) in [5.74, 6) is 0.552. The highest BCUT2D eigenvalue weighted by atomic mass is 19.1. The van der Waals surface area contributed by atoms with Gasteiger partial charge in [-0.3, -0.25) is 4.79 Å². The van der Waals surface area contributed by atoms with Crippen LogP contribution in [0.2, 0.25) is 0 Å². The highest BCUT2D eigenvalue weighted by molar-refractivity contribution is 6.10. The third-order valence-electron chi connectivity index (χ3n) is 8.20. The lowest BCUT2D eigenvalue weighted by Gasteiger charge is -2.31. The molecule has 0 saturated carbocycles. The summed E-state index contributed by atoms with van der Waals surface area (Å²) < 4.78 is 25.9. The molecule has 3 heterocycles. The van der Waals surface area contributed by atoms with Gasteiger partial charge in [0, 0.05) is 72.2 Å². The fourth-order valence-corrected chi connectivity index (χ4v) is 5.89. The van der Waals surface area contributed by atoms with Crippen molar-refractivity contribution < 1.29 is 23.5 Å². The van der Waals surface area contributed by atoms with Gasteiger partial charge in [-0.25, -0.2) is 14.2 Å². The van der Waals surface area contributed by atoms with Gasteiger partial charge in [0.2, 0.25) is 11.8 Å². The van der Waals surface area contributed by atoms with Gasteiger partial charge in [0.25, 0.3) is 5.91 Å². The molecular weight excluding hydrogens is 575 g/mol. The molecule has 0 radical (unpaired) electrons. The third kappa shape index (κ3) is 7.25. The molecule has 2 N–H and O–H groups in total. The van der Waals surface area contributed by atoms with E-state index in [0.717, 1.165) is 55.2 Å². The summed E-state index contributed by atoms with van der Waals surface area (Å²) in [6, 6.07) is 17.5. The monoisotopic (exact) mass is 612 g/mol. The van der Waals surface area contributed by atoms with Gasteiger partial charge in [0.05, 0.1) is 6.61 Å². The highest BCUT2D eigenvalue weighted by Gasteiger charge is 2.24. The normalized spacial score (nSPS) is 15.5. The van der Waals surface area contributed by atoms with Crippen molar-refractivity contribution >= 4 is 40.1 Å². The van der Waals surface area contributed by atoms with Crippen molar-refractivity contribution in [3.63, 3.8) is 0 Å². The van der Waals surface area contributed by atoms with Gasteiger partial charge < -0.3 is 29.9 Å². The SMILES string of the molecule is CCOC(=O)N1CCC(Nc2nccc(Oc3ccc(NC(=O)c4cc(F)cc(N5CCCCC5)c4)c4ccccc34)n2)CC1. The van der Waals surface area contributed by atoms with Crippen LogP contribution in [-0.4, -0.2) is 65.7 Å². The summed E-state index contributed by atoms with van der Waals surface area (Å²) in [7, 11) is 0. The smallest absolute Gasteiger partial charge is 0.409 e. The van der Waals surface area contributed by atoms with E-state index in [0.29, 0.717) is 43.0 Å². The number of hydrogen-bond acceptors (Lipinski definition) is 8. The number of nitrogens with zero attached hydrogens (tertiary/aromatic N) is 4. The van der Waals surface area contributed by atoms with Crippen LogP contribution in [-0.2, 0) is 4.74 Å². The number of amides is 2. The van der Waals surface area contributed by atoms with Crippen molar-refractivity contribution in [2.45, 2.75) is 45.1 Å². The molecular formula is C34H37FN6O4. The van der Waals surface area contributed by atoms with E-state index in [9.17, 15) is 14.0 Å². The maximum Gasteiger partial charge on any atom is 0.409 e. The van der Waals surface area contributed by atoms with Crippen LogP contribution in [0.4, 0.5) is 26.5 Å². The fraction of sp³-hybridized carbons (Fsp3) is 0.353. The molecule has 0 atom stereocenters. The van der Waals surface area contributed by atoms with Crippen molar-refractivity contribution in [3.8, 4) is 11.6 Å². The van der Waals surface area contributed by atoms with Crippen molar-refractivity contribution in [1.82, 2.24) is 14.9 Å². The first kappa shape index (κ1) is 30.1. The quantitative estimate of drug-likeness (QED) is 0.223. The third-order valence-corrected chi connectivity index (χ3v) is 8.20. The Balaban J connectivity index is 1.15. The first-order valence-corrected chi connectivity index (χ1v) is 15.5. The molecule has 3 aromatic carbocycles. The second-order valence-corrected chi connectivity index (χ2v) is 11.3. The Bertz CT molecular complexity index is 1670. The largest absolute Gasteiger partial charge is 0.450 e. The molecule has 0 aliphatic carbocycles. The zero-order chi connectivity index (χ0) is 31.2. The molecule has 1 aromatic heterocycles. The van der Waals surface area contributed by atoms with E-state index in [1.807, 2.05) is 24.3 Å². The molecule has 0 bridgehead atoms. The zero-order valence-electron chi connectivity index (χ0n) is 25.3. The van der Waals surface area contributed by atoms with Crippen molar-refractivity contribution in [2.75, 3.05) is 48.3 Å². The topological polar surface area (TPSA) is 109 Å². The van der Waals surface area contributed by atoms with E-state index in [1.165, 1.54) is 18.6 Å². The standard InChI is InChI=1S/C34H37FN6O4/c1-2-44-34(43)41-18-13-25(14-19-41)37-33-36-15-12-31(39-33)45-30-11-10-29(27-8-4-5-9-28(27)30)38-32(42)23-20-24(35)22-26(21-23)40-16-6-3-7-17-40/h4-5,8-12,15,20-22,25H,2-3,6-7,13-14,16-19H2,1H3,(H,38,42)(H,36,37,39). The number of carbonyl (C=O) groups is 2. The number of anilines is 3. The first-order chi connectivity index (χ1) is 22.0. The summed E-state index contributed by atoms with van der Waals surface area (Å²) >= 11 is 0. The fourth-order valence-electron chi connectivity index (χ4n) is 5.89. The number of piperidine rings is 2. The van der Waals surface area contributed by atoms with Crippen molar-refractivity contribution in [1.29, 1.82) is 0 Å². The molecule has 234 valence electrons. The van der Waals surface area contributed by atoms with Crippen LogP contribution in [0.15, 0.2) is 66.9 Å². The lowest BCUT2D eigenvalue weighted by atomic mass is 10.1. The number of likely N-dealkylation sites (tertiary alicyclic amines) is 1. The van der Waals surface area contributed by atoms with Crippen LogP contribution in [0.25, 0.3) is 10.8 Å². The number of rotatable bonds is 8. The molecule has 2 amide bonds. The van der Waals surface area contributed by atoms with E-state index < -0.39 is 5.82 Å². The number of ether oxygens (including phenoxy) is 2. The van der Waals surface area contributed by atoms with Crippen LogP contribution < -0.4 is 20.3 Å². The second kappa shape index (κ2) is 13.8. The number of halogens is 1. The molecule has 45 heavy (non-hydrogen) atoms. The van der Waals surface area contributed by atoms with E-state index >= 15 is 0 Å². The van der Waals surface area contributed by atoms with Gasteiger partial charge in [-0.05, 0) is 69.4 Å². The van der Waals surface area contributed by atoms with Gasteiger partial charge in [-0.2, -0.15) is 4.98 Å². The molecule has 6 rings (SSSR count). The predicted molar refractivity (Wildman–Crippen MR) is 172 cm³/mol. The second-order valence-electron chi connectivity index (χ2n) is 11.3.